The number of hydrogen-bond donors (Lipinski definition) is 0. The molecule has 31 heavy (non-hydrogen) atoms. The summed E-state index contributed by atoms with van der Waals surface area (Å²) in [6, 6.07) is 7.51. The summed E-state index contributed by atoms with van der Waals surface area (Å²) in [7, 11) is -3.25. The summed E-state index contributed by atoms with van der Waals surface area (Å²) in [5.74, 6) is -2.59. The van der Waals surface area contributed by atoms with E-state index in [1.165, 1.54) is 4.90 Å². The summed E-state index contributed by atoms with van der Waals surface area (Å²) in [5, 5.41) is 0. The van der Waals surface area contributed by atoms with Crippen molar-refractivity contribution in [2.75, 3.05) is 18.1 Å². The number of imide groups is 2. The van der Waals surface area contributed by atoms with E-state index in [4.69, 9.17) is 0 Å². The lowest BCUT2D eigenvalue weighted by molar-refractivity contribution is -0.145. The first-order valence-electron chi connectivity index (χ1n) is 10.5. The zero-order valence-electron chi connectivity index (χ0n) is 17.1. The van der Waals surface area contributed by atoms with Crippen LogP contribution < -0.4 is 0 Å². The predicted molar refractivity (Wildman–Crippen MR) is 110 cm³/mol. The standard InChI is InChI=1S/C21H25N3O6S/c25-18(13-23-19(26)20(27)24(21(23)28)16-8-4-5-9-16)22(12-15-6-2-1-3-7-15)17-10-11-31(29,30)14-17/h1-3,6-7,16-17H,4-5,8-14H2. The fraction of sp³-hybridized carbons (Fsp3) is 0.524. The van der Waals surface area contributed by atoms with Gasteiger partial charge in [0.15, 0.2) is 9.84 Å². The molecule has 0 aromatic heterocycles. The van der Waals surface area contributed by atoms with Crippen molar-refractivity contribution < 1.29 is 27.6 Å². The highest BCUT2D eigenvalue weighted by atomic mass is 32.2. The average Bonchev–Trinajstić information content (AvgIpc) is 3.43. The summed E-state index contributed by atoms with van der Waals surface area (Å²) >= 11 is 0. The molecule has 1 aromatic rings. The maximum absolute atomic E-state index is 13.2. The van der Waals surface area contributed by atoms with Gasteiger partial charge in [-0.2, -0.15) is 0 Å². The molecule has 1 atom stereocenters. The van der Waals surface area contributed by atoms with E-state index in [1.807, 2.05) is 30.3 Å². The van der Waals surface area contributed by atoms with Gasteiger partial charge in [-0.05, 0) is 24.8 Å². The molecule has 0 N–H and O–H groups in total. The first-order chi connectivity index (χ1) is 14.8. The van der Waals surface area contributed by atoms with Gasteiger partial charge in [0.25, 0.3) is 0 Å². The molecule has 2 aliphatic heterocycles. The van der Waals surface area contributed by atoms with E-state index in [9.17, 15) is 27.6 Å². The van der Waals surface area contributed by atoms with Gasteiger partial charge < -0.3 is 4.90 Å². The Morgan fingerprint density at radius 3 is 2.29 bits per heavy atom. The molecule has 5 amide bonds. The van der Waals surface area contributed by atoms with Crippen LogP contribution in [0.25, 0.3) is 0 Å². The third-order valence-electron chi connectivity index (χ3n) is 6.23. The van der Waals surface area contributed by atoms with Gasteiger partial charge in [0.1, 0.15) is 6.54 Å². The Hall–Kier alpha value is -2.75. The van der Waals surface area contributed by atoms with Crippen molar-refractivity contribution in [3.8, 4) is 0 Å². The number of amides is 5. The zero-order chi connectivity index (χ0) is 22.2. The second-order valence-corrected chi connectivity index (χ2v) is 10.6. The molecular formula is C21H25N3O6S. The molecule has 2 heterocycles. The van der Waals surface area contributed by atoms with Crippen LogP contribution in [0.15, 0.2) is 30.3 Å². The molecule has 3 fully saturated rings. The van der Waals surface area contributed by atoms with Gasteiger partial charge in [0.05, 0.1) is 11.5 Å². The van der Waals surface area contributed by atoms with E-state index in [0.29, 0.717) is 24.2 Å². The van der Waals surface area contributed by atoms with Crippen LogP contribution in [0, 0.1) is 0 Å². The minimum absolute atomic E-state index is 0.00818. The number of sulfone groups is 1. The number of carbonyl (C=O) groups is 4. The topological polar surface area (TPSA) is 112 Å². The van der Waals surface area contributed by atoms with Crippen LogP contribution in [-0.2, 0) is 30.8 Å². The maximum Gasteiger partial charge on any atom is 0.334 e. The smallest absolute Gasteiger partial charge is 0.333 e. The molecule has 0 radical (unpaired) electrons. The van der Waals surface area contributed by atoms with Gasteiger partial charge in [0.2, 0.25) is 5.91 Å². The molecule has 0 bridgehead atoms. The molecule has 166 valence electrons. The molecular weight excluding hydrogens is 422 g/mol. The van der Waals surface area contributed by atoms with Crippen molar-refractivity contribution in [1.29, 1.82) is 0 Å². The summed E-state index contributed by atoms with van der Waals surface area (Å²) < 4.78 is 24.0. The highest BCUT2D eigenvalue weighted by Crippen LogP contribution is 2.28. The van der Waals surface area contributed by atoms with E-state index in [0.717, 1.165) is 23.3 Å². The van der Waals surface area contributed by atoms with Crippen LogP contribution >= 0.6 is 0 Å². The maximum atomic E-state index is 13.2. The number of urea groups is 1. The largest absolute Gasteiger partial charge is 0.334 e. The fourth-order valence-electron chi connectivity index (χ4n) is 4.59. The molecule has 4 rings (SSSR count). The van der Waals surface area contributed by atoms with E-state index in [2.05, 4.69) is 0 Å². The van der Waals surface area contributed by atoms with Crippen LogP contribution in [0.4, 0.5) is 4.79 Å². The summed E-state index contributed by atoms with van der Waals surface area (Å²) in [4.78, 5) is 54.0. The minimum atomic E-state index is -3.25. The van der Waals surface area contributed by atoms with Crippen molar-refractivity contribution in [1.82, 2.24) is 14.7 Å². The van der Waals surface area contributed by atoms with Crippen LogP contribution in [0.5, 0.6) is 0 Å². The molecule has 1 aromatic carbocycles. The number of nitrogens with zero attached hydrogens (tertiary/aromatic N) is 3. The van der Waals surface area contributed by atoms with Crippen LogP contribution in [0.3, 0.4) is 0 Å². The van der Waals surface area contributed by atoms with Gasteiger partial charge in [-0.25, -0.2) is 18.1 Å². The van der Waals surface area contributed by atoms with Crippen molar-refractivity contribution in [3.05, 3.63) is 35.9 Å². The third-order valence-corrected chi connectivity index (χ3v) is 7.98. The lowest BCUT2D eigenvalue weighted by atomic mass is 10.1. The third kappa shape index (κ3) is 4.34. The van der Waals surface area contributed by atoms with Crippen molar-refractivity contribution in [2.45, 2.75) is 50.7 Å². The second kappa shape index (κ2) is 8.41. The zero-order valence-corrected chi connectivity index (χ0v) is 17.9. The normalized spacial score (nSPS) is 23.7. The fourth-order valence-corrected chi connectivity index (χ4v) is 6.33. The Labute approximate surface area is 180 Å². The van der Waals surface area contributed by atoms with Crippen molar-refractivity contribution in [3.63, 3.8) is 0 Å². The molecule has 3 aliphatic rings. The first kappa shape index (κ1) is 21.5. The quantitative estimate of drug-likeness (QED) is 0.474. The Kier molecular flexibility index (Phi) is 5.83. The van der Waals surface area contributed by atoms with E-state index in [-0.39, 0.29) is 24.1 Å². The lowest BCUT2D eigenvalue weighted by Gasteiger charge is -2.30. The Morgan fingerprint density at radius 2 is 1.68 bits per heavy atom. The van der Waals surface area contributed by atoms with Gasteiger partial charge in [-0.3, -0.25) is 19.3 Å². The monoisotopic (exact) mass is 447 g/mol. The van der Waals surface area contributed by atoms with E-state index in [1.54, 1.807) is 0 Å². The average molecular weight is 448 g/mol. The molecule has 1 saturated carbocycles. The number of benzene rings is 1. The minimum Gasteiger partial charge on any atom is -0.333 e. The molecule has 1 unspecified atom stereocenters. The highest BCUT2D eigenvalue weighted by Gasteiger charge is 2.49. The molecule has 1 aliphatic carbocycles. The number of rotatable bonds is 6. The molecule has 9 nitrogen and oxygen atoms in total. The van der Waals surface area contributed by atoms with E-state index < -0.39 is 46.2 Å². The van der Waals surface area contributed by atoms with E-state index >= 15 is 0 Å². The molecule has 0 spiro atoms. The lowest BCUT2D eigenvalue weighted by Crippen LogP contribution is -2.48. The van der Waals surface area contributed by atoms with Gasteiger partial charge in [0, 0.05) is 18.6 Å². The Bertz CT molecular complexity index is 1000. The SMILES string of the molecule is O=C1C(=O)N(C2CCCC2)C(=O)N1CC(=O)N(Cc1ccccc1)C1CCS(=O)(=O)C1. The van der Waals surface area contributed by atoms with Gasteiger partial charge >= 0.3 is 17.8 Å². The van der Waals surface area contributed by atoms with Gasteiger partial charge in [-0.15, -0.1) is 0 Å². The number of hydrogen-bond acceptors (Lipinski definition) is 6. The van der Waals surface area contributed by atoms with Crippen molar-refractivity contribution >= 4 is 33.6 Å². The Morgan fingerprint density at radius 1 is 1.00 bits per heavy atom. The summed E-state index contributed by atoms with van der Waals surface area (Å²) in [6.45, 7) is -0.410. The van der Waals surface area contributed by atoms with Crippen molar-refractivity contribution in [2.24, 2.45) is 0 Å². The summed E-state index contributed by atoms with van der Waals surface area (Å²) in [6.07, 6.45) is 3.39. The number of carbonyl (C=O) groups excluding carboxylic acids is 4. The first-order valence-corrected chi connectivity index (χ1v) is 12.3. The second-order valence-electron chi connectivity index (χ2n) is 8.35. The van der Waals surface area contributed by atoms with Crippen LogP contribution in [0.2, 0.25) is 0 Å². The Balaban J connectivity index is 1.53. The van der Waals surface area contributed by atoms with Crippen LogP contribution in [0.1, 0.15) is 37.7 Å². The van der Waals surface area contributed by atoms with Crippen LogP contribution in [-0.4, -0.2) is 77.0 Å². The van der Waals surface area contributed by atoms with Gasteiger partial charge in [-0.1, -0.05) is 43.2 Å². The highest BCUT2D eigenvalue weighted by molar-refractivity contribution is 7.91. The molecule has 2 saturated heterocycles. The summed E-state index contributed by atoms with van der Waals surface area (Å²) in [5.41, 5.74) is 0.808. The predicted octanol–water partition coefficient (Wildman–Crippen LogP) is 0.936. The molecule has 10 heteroatoms.